The van der Waals surface area contributed by atoms with E-state index in [0.29, 0.717) is 22.5 Å². The summed E-state index contributed by atoms with van der Waals surface area (Å²) in [5, 5.41) is 9.88. The molecule has 5 nitrogen and oxygen atoms in total. The first kappa shape index (κ1) is 15.1. The molecule has 0 saturated heterocycles. The number of aromatic nitrogens is 3. The molecule has 0 bridgehead atoms. The van der Waals surface area contributed by atoms with Gasteiger partial charge >= 0.3 is 0 Å². The van der Waals surface area contributed by atoms with Crippen LogP contribution in [0.3, 0.4) is 0 Å². The first-order chi connectivity index (χ1) is 11.5. The second-order valence-electron chi connectivity index (χ2n) is 5.51. The van der Waals surface area contributed by atoms with Crippen LogP contribution in [-0.4, -0.2) is 15.2 Å². The highest BCUT2D eigenvalue weighted by Crippen LogP contribution is 2.41. The van der Waals surface area contributed by atoms with Crippen LogP contribution in [0.4, 0.5) is 5.69 Å². The average Bonchev–Trinajstić information content (AvgIpc) is 3.17. The summed E-state index contributed by atoms with van der Waals surface area (Å²) in [5.74, 6) is 0.830. The first-order valence-electron chi connectivity index (χ1n) is 7.28. The Balaban J connectivity index is 1.83. The van der Waals surface area contributed by atoms with E-state index in [2.05, 4.69) is 15.2 Å². The zero-order valence-corrected chi connectivity index (χ0v) is 14.6. The van der Waals surface area contributed by atoms with Crippen molar-refractivity contribution in [3.05, 3.63) is 46.6 Å². The van der Waals surface area contributed by atoms with Crippen LogP contribution < -0.4 is 5.73 Å². The number of hydrogen-bond acceptors (Lipinski definition) is 6. The van der Waals surface area contributed by atoms with Gasteiger partial charge in [-0.1, -0.05) is 11.6 Å². The minimum absolute atomic E-state index is 0.400. The quantitative estimate of drug-likeness (QED) is 0.554. The van der Waals surface area contributed by atoms with Crippen LogP contribution in [0.25, 0.3) is 32.4 Å². The number of fused-ring (bicyclic) bond motifs is 1. The van der Waals surface area contributed by atoms with E-state index in [0.717, 1.165) is 31.8 Å². The molecule has 7 heteroatoms. The van der Waals surface area contributed by atoms with E-state index in [1.807, 2.05) is 32.2 Å². The molecule has 3 heterocycles. The summed E-state index contributed by atoms with van der Waals surface area (Å²) >= 11 is 7.36. The molecule has 0 aliphatic rings. The van der Waals surface area contributed by atoms with Gasteiger partial charge in [-0.2, -0.15) is 0 Å². The molecule has 4 aromatic rings. The van der Waals surface area contributed by atoms with Crippen molar-refractivity contribution in [1.29, 1.82) is 0 Å². The average molecular weight is 357 g/mol. The number of hydrogen-bond donors (Lipinski definition) is 1. The fraction of sp³-hybridized carbons (Fsp3) is 0.118. The van der Waals surface area contributed by atoms with Gasteiger partial charge in [0.2, 0.25) is 5.89 Å². The minimum Gasteiger partial charge on any atom is -0.415 e. The Bertz CT molecular complexity index is 1050. The lowest BCUT2D eigenvalue weighted by Gasteiger charge is -2.01. The zero-order valence-electron chi connectivity index (χ0n) is 13.0. The molecule has 0 saturated carbocycles. The van der Waals surface area contributed by atoms with E-state index in [1.165, 1.54) is 11.3 Å². The van der Waals surface area contributed by atoms with Crippen LogP contribution in [-0.2, 0) is 0 Å². The number of nitrogen functional groups attached to an aromatic ring is 1. The molecule has 1 aromatic carbocycles. The molecule has 0 atom stereocenters. The van der Waals surface area contributed by atoms with Crippen LogP contribution in [0.2, 0.25) is 5.02 Å². The van der Waals surface area contributed by atoms with Gasteiger partial charge in [0.15, 0.2) is 0 Å². The molecule has 4 rings (SSSR count). The third-order valence-electron chi connectivity index (χ3n) is 3.98. The van der Waals surface area contributed by atoms with Gasteiger partial charge in [0.25, 0.3) is 5.89 Å². The molecule has 0 aliphatic carbocycles. The van der Waals surface area contributed by atoms with E-state index in [4.69, 9.17) is 21.8 Å². The number of anilines is 1. The van der Waals surface area contributed by atoms with Gasteiger partial charge < -0.3 is 10.2 Å². The summed E-state index contributed by atoms with van der Waals surface area (Å²) in [4.78, 5) is 6.08. The van der Waals surface area contributed by atoms with Gasteiger partial charge in [0.1, 0.15) is 9.71 Å². The standard InChI is InChI=1S/C17H13ClN4OS/c1-8-7-20-17-12(9(8)2)13(19)14(24-17)16-22-21-15(23-16)10-3-5-11(18)6-4-10/h3-7H,19H2,1-2H3. The van der Waals surface area contributed by atoms with Crippen LogP contribution in [0, 0.1) is 13.8 Å². The summed E-state index contributed by atoms with van der Waals surface area (Å²) < 4.78 is 5.81. The maximum atomic E-state index is 6.33. The maximum Gasteiger partial charge on any atom is 0.260 e. The highest BCUT2D eigenvalue weighted by atomic mass is 35.5. The summed E-state index contributed by atoms with van der Waals surface area (Å²) in [6.45, 7) is 4.06. The van der Waals surface area contributed by atoms with Gasteiger partial charge in [-0.3, -0.25) is 0 Å². The highest BCUT2D eigenvalue weighted by Gasteiger charge is 2.20. The number of rotatable bonds is 2. The van der Waals surface area contributed by atoms with Crippen LogP contribution >= 0.6 is 22.9 Å². The van der Waals surface area contributed by atoms with E-state index in [9.17, 15) is 0 Å². The van der Waals surface area contributed by atoms with Crippen molar-refractivity contribution < 1.29 is 4.42 Å². The molecule has 0 amide bonds. The lowest BCUT2D eigenvalue weighted by Crippen LogP contribution is -1.90. The van der Waals surface area contributed by atoms with Crippen molar-refractivity contribution in [2.45, 2.75) is 13.8 Å². The largest absolute Gasteiger partial charge is 0.415 e. The Hall–Kier alpha value is -2.44. The number of benzene rings is 1. The molecular weight excluding hydrogens is 344 g/mol. The number of aryl methyl sites for hydroxylation is 2. The van der Waals surface area contributed by atoms with E-state index in [1.54, 1.807) is 12.1 Å². The van der Waals surface area contributed by atoms with Gasteiger partial charge in [-0.05, 0) is 49.2 Å². The molecule has 0 radical (unpaired) electrons. The maximum absolute atomic E-state index is 6.33. The Morgan fingerprint density at radius 3 is 2.54 bits per heavy atom. The van der Waals surface area contributed by atoms with Crippen molar-refractivity contribution in [2.75, 3.05) is 5.73 Å². The van der Waals surface area contributed by atoms with Crippen molar-refractivity contribution in [2.24, 2.45) is 0 Å². The SMILES string of the molecule is Cc1cnc2sc(-c3nnc(-c4ccc(Cl)cc4)o3)c(N)c2c1C. The molecule has 0 unspecified atom stereocenters. The van der Waals surface area contributed by atoms with Crippen LogP contribution in [0.5, 0.6) is 0 Å². The summed E-state index contributed by atoms with van der Waals surface area (Å²) in [6.07, 6.45) is 1.85. The smallest absolute Gasteiger partial charge is 0.260 e. The molecule has 0 fully saturated rings. The number of thiophene rings is 1. The van der Waals surface area contributed by atoms with Crippen molar-refractivity contribution in [1.82, 2.24) is 15.2 Å². The third kappa shape index (κ3) is 2.35. The summed E-state index contributed by atoms with van der Waals surface area (Å²) in [6, 6.07) is 7.24. The van der Waals surface area contributed by atoms with Crippen LogP contribution in [0.15, 0.2) is 34.9 Å². The topological polar surface area (TPSA) is 77.8 Å². The molecule has 120 valence electrons. The summed E-state index contributed by atoms with van der Waals surface area (Å²) in [7, 11) is 0. The van der Waals surface area contributed by atoms with Gasteiger partial charge in [-0.15, -0.1) is 21.5 Å². The van der Waals surface area contributed by atoms with E-state index < -0.39 is 0 Å². The van der Waals surface area contributed by atoms with Crippen LogP contribution in [0.1, 0.15) is 11.1 Å². The third-order valence-corrected chi connectivity index (χ3v) is 5.33. The lowest BCUT2D eigenvalue weighted by molar-refractivity contribution is 0.586. The van der Waals surface area contributed by atoms with Gasteiger partial charge in [-0.25, -0.2) is 4.98 Å². The second-order valence-corrected chi connectivity index (χ2v) is 6.95. The minimum atomic E-state index is 0.400. The zero-order chi connectivity index (χ0) is 16.8. The predicted octanol–water partition coefficient (Wildman–Crippen LogP) is 4.87. The molecule has 0 spiro atoms. The number of halogens is 1. The summed E-state index contributed by atoms with van der Waals surface area (Å²) in [5.41, 5.74) is 10.0. The van der Waals surface area contributed by atoms with Gasteiger partial charge in [0, 0.05) is 22.2 Å². The molecule has 0 aliphatic heterocycles. The highest BCUT2D eigenvalue weighted by molar-refractivity contribution is 7.22. The molecule has 24 heavy (non-hydrogen) atoms. The number of nitrogens with two attached hydrogens (primary N) is 1. The fourth-order valence-electron chi connectivity index (χ4n) is 2.52. The number of pyridine rings is 1. The Morgan fingerprint density at radius 1 is 1.08 bits per heavy atom. The molecular formula is C17H13ClN4OS. The molecule has 2 N–H and O–H groups in total. The predicted molar refractivity (Wildman–Crippen MR) is 97.2 cm³/mol. The fourth-order valence-corrected chi connectivity index (χ4v) is 3.69. The first-order valence-corrected chi connectivity index (χ1v) is 8.48. The Morgan fingerprint density at radius 2 is 1.79 bits per heavy atom. The Labute approximate surface area is 147 Å². The Kier molecular flexibility index (Phi) is 3.51. The van der Waals surface area contributed by atoms with E-state index in [-0.39, 0.29) is 0 Å². The van der Waals surface area contributed by atoms with Gasteiger partial charge in [0.05, 0.1) is 5.69 Å². The second kappa shape index (κ2) is 5.58. The van der Waals surface area contributed by atoms with Crippen molar-refractivity contribution >= 4 is 38.8 Å². The lowest BCUT2D eigenvalue weighted by atomic mass is 10.1. The monoisotopic (exact) mass is 356 g/mol. The normalized spacial score (nSPS) is 11.3. The number of nitrogens with zero attached hydrogens (tertiary/aromatic N) is 3. The molecule has 3 aromatic heterocycles. The van der Waals surface area contributed by atoms with Crippen molar-refractivity contribution in [3.63, 3.8) is 0 Å². The van der Waals surface area contributed by atoms with E-state index >= 15 is 0 Å². The van der Waals surface area contributed by atoms with Crippen molar-refractivity contribution in [3.8, 4) is 22.2 Å².